The van der Waals surface area contributed by atoms with Crippen LogP contribution in [0.3, 0.4) is 0 Å². The lowest BCUT2D eigenvalue weighted by Gasteiger charge is -2.03. The Morgan fingerprint density at radius 3 is 2.50 bits per heavy atom. The van der Waals surface area contributed by atoms with Crippen molar-refractivity contribution in [1.82, 2.24) is 4.47 Å². The maximum Gasteiger partial charge on any atom is 0.267 e. The molecule has 2 aromatic carbocycles. The van der Waals surface area contributed by atoms with Gasteiger partial charge in [0.05, 0.1) is 4.90 Å². The molecule has 0 spiro atoms. The Morgan fingerprint density at radius 1 is 1.15 bits per heavy atom. The summed E-state index contributed by atoms with van der Waals surface area (Å²) in [6, 6.07) is 12.2. The third-order valence-electron chi connectivity index (χ3n) is 3.04. The minimum Gasteiger partial charge on any atom is -0.253 e. The molecule has 3 rings (SSSR count). The van der Waals surface area contributed by atoms with E-state index in [-0.39, 0.29) is 4.90 Å². The molecule has 1 fully saturated rings. The molecule has 0 amide bonds. The molecule has 20 heavy (non-hydrogen) atoms. The first-order valence-electron chi connectivity index (χ1n) is 6.02. The second-order valence-corrected chi connectivity index (χ2v) is 6.37. The molecule has 2 aromatic rings. The molecule has 1 heterocycles. The first-order valence-corrected chi connectivity index (χ1v) is 7.46. The molecule has 1 saturated heterocycles. The quantitative estimate of drug-likeness (QED) is 0.818. The van der Waals surface area contributed by atoms with Crippen LogP contribution >= 0.6 is 0 Å². The van der Waals surface area contributed by atoms with E-state index in [4.69, 9.17) is 4.84 Å². The van der Waals surface area contributed by atoms with Gasteiger partial charge in [0.1, 0.15) is 5.82 Å². The van der Waals surface area contributed by atoms with Crippen LogP contribution in [0.1, 0.15) is 17.4 Å². The van der Waals surface area contributed by atoms with Gasteiger partial charge in [0.15, 0.2) is 6.23 Å². The maximum absolute atomic E-state index is 13.1. The number of nitrogens with zero attached hydrogens (tertiary/aromatic N) is 1. The number of rotatable bonds is 3. The third-order valence-corrected chi connectivity index (χ3v) is 4.66. The Balaban J connectivity index is 1.86. The van der Waals surface area contributed by atoms with Gasteiger partial charge in [0, 0.05) is 5.56 Å². The minimum atomic E-state index is -3.70. The van der Waals surface area contributed by atoms with E-state index in [9.17, 15) is 12.8 Å². The van der Waals surface area contributed by atoms with Crippen molar-refractivity contribution in [1.29, 1.82) is 0 Å². The maximum atomic E-state index is 13.1. The summed E-state index contributed by atoms with van der Waals surface area (Å²) in [6.45, 7) is 1.87. The molecule has 0 aromatic heterocycles. The highest BCUT2D eigenvalue weighted by atomic mass is 32.2. The van der Waals surface area contributed by atoms with Gasteiger partial charge in [-0.2, -0.15) is 0 Å². The summed E-state index contributed by atoms with van der Waals surface area (Å²) in [6.07, 6.45) is -0.753. The van der Waals surface area contributed by atoms with Crippen molar-refractivity contribution in [2.24, 2.45) is 0 Å². The van der Waals surface area contributed by atoms with Gasteiger partial charge in [-0.3, -0.25) is 4.84 Å². The summed E-state index contributed by atoms with van der Waals surface area (Å²) in [5.41, 5.74) is 1.44. The van der Waals surface area contributed by atoms with E-state index >= 15 is 0 Å². The molecule has 2 atom stereocenters. The van der Waals surface area contributed by atoms with E-state index < -0.39 is 22.1 Å². The Kier molecular flexibility index (Phi) is 3.08. The zero-order valence-electron chi connectivity index (χ0n) is 10.7. The van der Waals surface area contributed by atoms with Gasteiger partial charge in [-0.25, -0.2) is 12.8 Å². The fourth-order valence-electron chi connectivity index (χ4n) is 1.91. The fourth-order valence-corrected chi connectivity index (χ4v) is 3.17. The Bertz CT molecular complexity index is 743. The highest BCUT2D eigenvalue weighted by Crippen LogP contribution is 2.42. The first kappa shape index (κ1) is 13.2. The number of halogens is 1. The van der Waals surface area contributed by atoms with Crippen LogP contribution in [0.15, 0.2) is 53.4 Å². The van der Waals surface area contributed by atoms with Crippen molar-refractivity contribution in [3.8, 4) is 0 Å². The van der Waals surface area contributed by atoms with E-state index in [0.717, 1.165) is 10.0 Å². The minimum absolute atomic E-state index is 0.155. The number of benzene rings is 2. The molecule has 4 nitrogen and oxygen atoms in total. The Labute approximate surface area is 116 Å². The van der Waals surface area contributed by atoms with Crippen molar-refractivity contribution in [2.75, 3.05) is 0 Å². The van der Waals surface area contributed by atoms with Gasteiger partial charge < -0.3 is 0 Å². The van der Waals surface area contributed by atoms with Gasteiger partial charge in [-0.1, -0.05) is 29.8 Å². The number of hydrogen-bond donors (Lipinski definition) is 0. The largest absolute Gasteiger partial charge is 0.267 e. The van der Waals surface area contributed by atoms with Gasteiger partial charge in [0.2, 0.25) is 0 Å². The molecule has 0 radical (unpaired) electrons. The molecular weight excluding hydrogens is 281 g/mol. The topological polar surface area (TPSA) is 49.7 Å². The van der Waals surface area contributed by atoms with E-state index in [0.29, 0.717) is 5.56 Å². The smallest absolute Gasteiger partial charge is 0.253 e. The second-order valence-electron chi connectivity index (χ2n) is 4.59. The van der Waals surface area contributed by atoms with Crippen LogP contribution in [0.2, 0.25) is 0 Å². The summed E-state index contributed by atoms with van der Waals surface area (Å²) in [4.78, 5) is 5.24. The van der Waals surface area contributed by atoms with E-state index in [2.05, 4.69) is 0 Å². The normalized spacial score (nSPS) is 21.7. The molecule has 2 unspecified atom stereocenters. The lowest BCUT2D eigenvalue weighted by atomic mass is 10.2. The van der Waals surface area contributed by atoms with Crippen molar-refractivity contribution in [2.45, 2.75) is 18.0 Å². The molecule has 0 bridgehead atoms. The van der Waals surface area contributed by atoms with Crippen LogP contribution in [0, 0.1) is 12.7 Å². The SMILES string of the molecule is Cc1ccc(S(=O)(=O)N2OC2c2cccc(F)c2)cc1. The third kappa shape index (κ3) is 2.33. The molecular formula is C14H12FNO3S. The van der Waals surface area contributed by atoms with Gasteiger partial charge in [-0.05, 0) is 35.7 Å². The van der Waals surface area contributed by atoms with Gasteiger partial charge in [0.25, 0.3) is 10.0 Å². The average Bonchev–Trinajstić information content (AvgIpc) is 3.20. The summed E-state index contributed by atoms with van der Waals surface area (Å²) < 4.78 is 38.6. The summed E-state index contributed by atoms with van der Waals surface area (Å²) in [5, 5.41) is 0. The number of aryl methyl sites for hydroxylation is 1. The van der Waals surface area contributed by atoms with E-state index in [1.54, 1.807) is 18.2 Å². The Morgan fingerprint density at radius 2 is 1.85 bits per heavy atom. The first-order chi connectivity index (χ1) is 9.48. The Hall–Kier alpha value is -1.76. The summed E-state index contributed by atoms with van der Waals surface area (Å²) in [7, 11) is -3.70. The monoisotopic (exact) mass is 293 g/mol. The predicted octanol–water partition coefficient (Wildman–Crippen LogP) is 2.77. The second kappa shape index (κ2) is 4.66. The zero-order chi connectivity index (χ0) is 14.3. The molecule has 6 heteroatoms. The fraction of sp³-hybridized carbons (Fsp3) is 0.143. The molecule has 104 valence electrons. The van der Waals surface area contributed by atoms with Crippen LogP contribution in [0.4, 0.5) is 4.39 Å². The number of sulfonamides is 1. The number of hydroxylamine groups is 1. The molecule has 1 aliphatic rings. The van der Waals surface area contributed by atoms with E-state index in [1.165, 1.54) is 30.3 Å². The van der Waals surface area contributed by atoms with Gasteiger partial charge >= 0.3 is 0 Å². The molecule has 0 saturated carbocycles. The van der Waals surface area contributed by atoms with Crippen LogP contribution in [-0.2, 0) is 14.9 Å². The molecule has 1 aliphatic heterocycles. The summed E-state index contributed by atoms with van der Waals surface area (Å²) >= 11 is 0. The molecule has 0 N–H and O–H groups in total. The highest BCUT2D eigenvalue weighted by molar-refractivity contribution is 7.89. The summed E-state index contributed by atoms with van der Waals surface area (Å²) in [5.74, 6) is -0.425. The van der Waals surface area contributed by atoms with Crippen molar-refractivity contribution in [3.05, 3.63) is 65.5 Å². The van der Waals surface area contributed by atoms with Crippen LogP contribution < -0.4 is 0 Å². The van der Waals surface area contributed by atoms with Crippen LogP contribution in [0.5, 0.6) is 0 Å². The lowest BCUT2D eigenvalue weighted by Crippen LogP contribution is -2.12. The number of hydrogen-bond acceptors (Lipinski definition) is 3. The predicted molar refractivity (Wildman–Crippen MR) is 70.4 cm³/mol. The highest BCUT2D eigenvalue weighted by Gasteiger charge is 2.48. The van der Waals surface area contributed by atoms with Crippen LogP contribution in [0.25, 0.3) is 0 Å². The average molecular weight is 293 g/mol. The van der Waals surface area contributed by atoms with Crippen molar-refractivity contribution >= 4 is 10.0 Å². The lowest BCUT2D eigenvalue weighted by molar-refractivity contribution is 0.283. The van der Waals surface area contributed by atoms with Crippen molar-refractivity contribution < 1.29 is 17.6 Å². The van der Waals surface area contributed by atoms with E-state index in [1.807, 2.05) is 6.92 Å². The molecule has 0 aliphatic carbocycles. The standard InChI is InChI=1S/C14H12FNO3S/c1-10-5-7-13(8-6-10)20(17,18)16-14(19-16)11-3-2-4-12(15)9-11/h2-9,14H,1H3. The van der Waals surface area contributed by atoms with Gasteiger partial charge in [-0.15, -0.1) is 0 Å². The van der Waals surface area contributed by atoms with Crippen LogP contribution in [-0.4, -0.2) is 12.9 Å². The zero-order valence-corrected chi connectivity index (χ0v) is 11.5. The van der Waals surface area contributed by atoms with Crippen molar-refractivity contribution in [3.63, 3.8) is 0 Å².